The van der Waals surface area contributed by atoms with E-state index in [1.807, 2.05) is 71.1 Å². The minimum Gasteiger partial charge on any atom is -0.444 e. The predicted molar refractivity (Wildman–Crippen MR) is 143 cm³/mol. The summed E-state index contributed by atoms with van der Waals surface area (Å²) in [5.74, 6) is -0.157. The average molecular weight is 526 g/mol. The molecule has 0 saturated heterocycles. The number of nitrogens with one attached hydrogen (secondary N) is 2. The Bertz CT molecular complexity index is 1150. The van der Waals surface area contributed by atoms with E-state index in [0.717, 1.165) is 24.1 Å². The first-order valence-electron chi connectivity index (χ1n) is 13.0. The monoisotopic (exact) mass is 525 g/mol. The van der Waals surface area contributed by atoms with Gasteiger partial charge in [-0.05, 0) is 19.4 Å². The van der Waals surface area contributed by atoms with Crippen LogP contribution >= 0.6 is 0 Å². The fourth-order valence-electron chi connectivity index (χ4n) is 3.84. The minimum atomic E-state index is -1.45. The zero-order valence-electron chi connectivity index (χ0n) is 22.8. The van der Waals surface area contributed by atoms with E-state index in [1.54, 1.807) is 10.7 Å². The van der Waals surface area contributed by atoms with Crippen LogP contribution in [0.15, 0.2) is 53.3 Å². The topological polar surface area (TPSA) is 132 Å². The molecular formula is C28H39N5O5. The molecule has 3 atom stereocenters. The summed E-state index contributed by atoms with van der Waals surface area (Å²) in [7, 11) is 0. The highest BCUT2D eigenvalue weighted by molar-refractivity contribution is 5.82. The highest BCUT2D eigenvalue weighted by atomic mass is 16.6. The molecule has 38 heavy (non-hydrogen) atoms. The molecule has 0 saturated carbocycles. The molecule has 0 aliphatic carbocycles. The Labute approximate surface area is 223 Å². The zero-order valence-corrected chi connectivity index (χ0v) is 22.8. The lowest BCUT2D eigenvalue weighted by Crippen LogP contribution is -2.51. The van der Waals surface area contributed by atoms with E-state index >= 15 is 0 Å². The van der Waals surface area contributed by atoms with Crippen molar-refractivity contribution in [2.24, 2.45) is 5.41 Å². The molecule has 3 rings (SSSR count). The number of carbonyl (C=O) groups is 2. The summed E-state index contributed by atoms with van der Waals surface area (Å²) >= 11 is 0. The van der Waals surface area contributed by atoms with Gasteiger partial charge in [0.15, 0.2) is 11.9 Å². The van der Waals surface area contributed by atoms with Crippen LogP contribution in [0.25, 0.3) is 11.3 Å². The summed E-state index contributed by atoms with van der Waals surface area (Å²) in [5, 5.41) is 24.3. The number of amides is 2. The summed E-state index contributed by atoms with van der Waals surface area (Å²) in [6.45, 7) is 10.4. The highest BCUT2D eigenvalue weighted by Crippen LogP contribution is 2.25. The van der Waals surface area contributed by atoms with Crippen LogP contribution < -0.4 is 10.6 Å². The molecule has 206 valence electrons. The number of aryl methyl sites for hydroxylation is 1. The van der Waals surface area contributed by atoms with E-state index in [4.69, 9.17) is 9.26 Å². The fraction of sp³-hybridized carbons (Fsp3) is 0.500. The van der Waals surface area contributed by atoms with Crippen molar-refractivity contribution in [1.29, 1.82) is 0 Å². The first-order chi connectivity index (χ1) is 18.1. The van der Waals surface area contributed by atoms with E-state index in [0.29, 0.717) is 18.7 Å². The Balaban J connectivity index is 1.63. The Morgan fingerprint density at radius 2 is 1.89 bits per heavy atom. The van der Waals surface area contributed by atoms with Gasteiger partial charge in [-0.1, -0.05) is 75.5 Å². The minimum absolute atomic E-state index is 0.0847. The van der Waals surface area contributed by atoms with Crippen LogP contribution in [0.2, 0.25) is 0 Å². The SMILES string of the molecule is CCCC[C@H](NC(=O)O[C@H](Cn1ccc(-c2ccc(C)cc2)n1)C(C)(C)C)[C@H](O)C(=O)NCc1ccno1. The predicted octanol–water partition coefficient (Wildman–Crippen LogP) is 4.22. The van der Waals surface area contributed by atoms with E-state index in [2.05, 4.69) is 20.9 Å². The van der Waals surface area contributed by atoms with Gasteiger partial charge >= 0.3 is 6.09 Å². The lowest BCUT2D eigenvalue weighted by atomic mass is 9.89. The second-order valence-corrected chi connectivity index (χ2v) is 10.6. The first-order valence-corrected chi connectivity index (χ1v) is 13.0. The van der Waals surface area contributed by atoms with Gasteiger partial charge in [-0.2, -0.15) is 5.10 Å². The molecule has 2 aromatic heterocycles. The molecule has 10 nitrogen and oxygen atoms in total. The van der Waals surface area contributed by atoms with E-state index in [1.165, 1.54) is 11.8 Å². The quantitative estimate of drug-likeness (QED) is 0.323. The molecular weight excluding hydrogens is 486 g/mol. The third-order valence-electron chi connectivity index (χ3n) is 6.31. The third-order valence-corrected chi connectivity index (χ3v) is 6.31. The van der Waals surface area contributed by atoms with Gasteiger partial charge in [-0.3, -0.25) is 9.48 Å². The summed E-state index contributed by atoms with van der Waals surface area (Å²) in [4.78, 5) is 25.5. The first kappa shape index (κ1) is 28.9. The number of unbranched alkanes of at least 4 members (excludes halogenated alkanes) is 1. The Morgan fingerprint density at radius 1 is 1.16 bits per heavy atom. The Hall–Kier alpha value is -3.66. The number of aliphatic hydroxyl groups excluding tert-OH is 1. The summed E-state index contributed by atoms with van der Waals surface area (Å²) in [6, 6.07) is 10.9. The lowest BCUT2D eigenvalue weighted by Gasteiger charge is -2.31. The molecule has 0 radical (unpaired) electrons. The van der Waals surface area contributed by atoms with Gasteiger partial charge in [-0.25, -0.2) is 4.79 Å². The molecule has 3 N–H and O–H groups in total. The maximum absolute atomic E-state index is 13.0. The molecule has 3 aromatic rings. The molecule has 10 heteroatoms. The van der Waals surface area contributed by atoms with Gasteiger partial charge in [-0.15, -0.1) is 0 Å². The van der Waals surface area contributed by atoms with Crippen molar-refractivity contribution in [2.75, 3.05) is 0 Å². The van der Waals surface area contributed by atoms with Crippen molar-refractivity contribution >= 4 is 12.0 Å². The molecule has 0 spiro atoms. The summed E-state index contributed by atoms with van der Waals surface area (Å²) in [6.07, 6.45) is 2.65. The molecule has 1 aromatic carbocycles. The summed E-state index contributed by atoms with van der Waals surface area (Å²) in [5.41, 5.74) is 2.63. The van der Waals surface area contributed by atoms with E-state index in [9.17, 15) is 14.7 Å². The van der Waals surface area contributed by atoms with Crippen molar-refractivity contribution in [3.05, 3.63) is 60.1 Å². The van der Waals surface area contributed by atoms with Gasteiger partial charge in [0.2, 0.25) is 0 Å². The van der Waals surface area contributed by atoms with Crippen molar-refractivity contribution in [2.45, 2.75) is 85.2 Å². The Kier molecular flexibility index (Phi) is 10.1. The number of aliphatic hydroxyl groups is 1. The van der Waals surface area contributed by atoms with Crippen LogP contribution in [-0.2, 0) is 22.6 Å². The molecule has 0 unspecified atom stereocenters. The van der Waals surface area contributed by atoms with Crippen molar-refractivity contribution in [3.63, 3.8) is 0 Å². The molecule has 0 aliphatic rings. The number of alkyl carbamates (subject to hydrolysis) is 1. The fourth-order valence-corrected chi connectivity index (χ4v) is 3.84. The van der Waals surface area contributed by atoms with Crippen molar-refractivity contribution < 1.29 is 24.0 Å². The van der Waals surface area contributed by atoms with Crippen LogP contribution in [0.3, 0.4) is 0 Å². The van der Waals surface area contributed by atoms with E-state index in [-0.39, 0.29) is 12.0 Å². The Morgan fingerprint density at radius 3 is 2.53 bits per heavy atom. The molecule has 0 bridgehead atoms. The second kappa shape index (κ2) is 13.2. The third kappa shape index (κ3) is 8.44. The smallest absolute Gasteiger partial charge is 0.407 e. The van der Waals surface area contributed by atoms with Crippen molar-refractivity contribution in [1.82, 2.24) is 25.6 Å². The lowest BCUT2D eigenvalue weighted by molar-refractivity contribution is -0.131. The highest BCUT2D eigenvalue weighted by Gasteiger charge is 2.32. The van der Waals surface area contributed by atoms with Crippen LogP contribution in [0.5, 0.6) is 0 Å². The maximum atomic E-state index is 13.0. The second-order valence-electron chi connectivity index (χ2n) is 10.6. The number of rotatable bonds is 12. The molecule has 0 aliphatic heterocycles. The zero-order chi connectivity index (χ0) is 27.7. The van der Waals surface area contributed by atoms with Crippen LogP contribution in [-0.4, -0.2) is 50.3 Å². The standard InChI is InChI=1S/C28H39N5O5/c1-6-7-8-23(25(34)26(35)29-17-21-13-15-30-38-21)31-27(36)37-24(28(3,4)5)18-33-16-14-22(32-33)20-11-9-19(2)10-12-20/h9-16,23-25,34H,6-8,17-18H2,1-5H3,(H,29,35)(H,31,36)/t23-,24+,25-/m0/s1. The number of hydrogen-bond donors (Lipinski definition) is 3. The van der Waals surface area contributed by atoms with Gasteiger partial charge < -0.3 is 25.0 Å². The van der Waals surface area contributed by atoms with Gasteiger partial charge in [0.1, 0.15) is 6.10 Å². The maximum Gasteiger partial charge on any atom is 0.407 e. The van der Waals surface area contributed by atoms with Crippen molar-refractivity contribution in [3.8, 4) is 11.3 Å². The number of carbonyl (C=O) groups excluding carboxylic acids is 2. The van der Waals surface area contributed by atoms with Gasteiger partial charge in [0.05, 0.1) is 31.0 Å². The van der Waals surface area contributed by atoms with Crippen LogP contribution in [0.4, 0.5) is 4.79 Å². The number of nitrogens with zero attached hydrogens (tertiary/aromatic N) is 3. The molecule has 2 heterocycles. The van der Waals surface area contributed by atoms with Gasteiger partial charge in [0, 0.05) is 23.2 Å². The largest absolute Gasteiger partial charge is 0.444 e. The number of hydrogen-bond acceptors (Lipinski definition) is 7. The molecule has 2 amide bonds. The average Bonchev–Trinajstić information content (AvgIpc) is 3.56. The normalized spacial score (nSPS) is 13.9. The number of ether oxygens (including phenoxy) is 1. The number of benzene rings is 1. The van der Waals surface area contributed by atoms with E-state index < -0.39 is 30.3 Å². The summed E-state index contributed by atoms with van der Waals surface area (Å²) < 4.78 is 12.6. The van der Waals surface area contributed by atoms with Gasteiger partial charge in [0.25, 0.3) is 5.91 Å². The number of aromatic nitrogens is 3. The van der Waals surface area contributed by atoms with Crippen LogP contribution in [0.1, 0.15) is 58.3 Å². The van der Waals surface area contributed by atoms with Crippen LogP contribution in [0, 0.1) is 12.3 Å². The molecule has 0 fully saturated rings.